The Labute approximate surface area is 209 Å². The maximum atomic E-state index is 13.3. The van der Waals surface area contributed by atoms with Gasteiger partial charge in [0.25, 0.3) is 0 Å². The summed E-state index contributed by atoms with van der Waals surface area (Å²) in [6, 6.07) is 13.7. The van der Waals surface area contributed by atoms with Crippen molar-refractivity contribution in [1.29, 1.82) is 0 Å². The van der Waals surface area contributed by atoms with Gasteiger partial charge in [0, 0.05) is 29.2 Å². The number of fused-ring (bicyclic) bond motifs is 3. The molecule has 0 spiro atoms. The quantitative estimate of drug-likeness (QED) is 0.488. The van der Waals surface area contributed by atoms with E-state index in [4.69, 9.17) is 16.3 Å². The third-order valence-corrected chi connectivity index (χ3v) is 6.53. The lowest BCUT2D eigenvalue weighted by atomic mass is 9.77. The summed E-state index contributed by atoms with van der Waals surface area (Å²) < 4.78 is 6.12. The van der Waals surface area contributed by atoms with Crippen LogP contribution < -0.4 is 10.1 Å². The second-order valence-corrected chi connectivity index (χ2v) is 9.02. The van der Waals surface area contributed by atoms with Crippen LogP contribution in [-0.4, -0.2) is 58.3 Å². The number of amides is 2. The van der Waals surface area contributed by atoms with E-state index >= 15 is 0 Å². The summed E-state index contributed by atoms with van der Waals surface area (Å²) in [6.07, 6.45) is 3.77. The largest absolute Gasteiger partial charge is 0.486 e. The topological polar surface area (TPSA) is 99.1 Å². The Balaban J connectivity index is 1.76. The fourth-order valence-corrected chi connectivity index (χ4v) is 4.75. The summed E-state index contributed by atoms with van der Waals surface area (Å²) in [5, 5.41) is 24.0. The molecule has 0 radical (unpaired) electrons. The number of benzene rings is 2. The maximum Gasteiger partial charge on any atom is 0.247 e. The molecule has 3 N–H and O–H groups in total. The van der Waals surface area contributed by atoms with Gasteiger partial charge in [0.05, 0.1) is 18.6 Å². The van der Waals surface area contributed by atoms with E-state index in [0.29, 0.717) is 22.8 Å². The smallest absolute Gasteiger partial charge is 0.247 e. The maximum absolute atomic E-state index is 13.3. The van der Waals surface area contributed by atoms with Crippen LogP contribution in [0.4, 0.5) is 0 Å². The molecule has 8 heteroatoms. The van der Waals surface area contributed by atoms with Crippen LogP contribution >= 0.6 is 11.6 Å². The highest BCUT2D eigenvalue weighted by Gasteiger charge is 2.50. The molecule has 4 rings (SSSR count). The third-order valence-electron chi connectivity index (χ3n) is 6.28. The van der Waals surface area contributed by atoms with E-state index in [0.717, 1.165) is 11.1 Å². The van der Waals surface area contributed by atoms with Gasteiger partial charge in [-0.05, 0) is 42.3 Å². The molecular formula is C27H29ClN2O5. The molecule has 1 aliphatic heterocycles. The fraction of sp³-hybridized carbons (Fsp3) is 0.333. The molecule has 1 heterocycles. The van der Waals surface area contributed by atoms with Crippen LogP contribution in [0.5, 0.6) is 5.75 Å². The van der Waals surface area contributed by atoms with Gasteiger partial charge in [-0.1, -0.05) is 54.9 Å². The number of allylic oxidation sites excluding steroid dienone is 1. The van der Waals surface area contributed by atoms with E-state index in [1.54, 1.807) is 35.3 Å². The molecule has 35 heavy (non-hydrogen) atoms. The van der Waals surface area contributed by atoms with Gasteiger partial charge >= 0.3 is 0 Å². The SMILES string of the molecule is CCC=CC(=O)N(Cc1ccc(Cl)cc1)[C@@H]1C=C(C(=O)NCCO)[C@@H]2c3ccccc3O[C@@H]2[C@H]1O. The molecule has 1 aliphatic carbocycles. The van der Waals surface area contributed by atoms with E-state index in [9.17, 15) is 19.8 Å². The molecule has 0 bridgehead atoms. The van der Waals surface area contributed by atoms with Gasteiger partial charge in [-0.15, -0.1) is 0 Å². The fourth-order valence-electron chi connectivity index (χ4n) is 4.62. The standard InChI is InChI=1S/C27H29ClN2O5/c1-2-3-8-23(32)30(16-17-9-11-18(28)12-10-17)21-15-20(27(34)29-13-14-31)24-19-6-4-5-7-22(19)35-26(24)25(21)33/h3-12,15,21,24-26,31,33H,2,13-14,16H2,1H3,(H,29,34)/t21-,24+,25+,26+/m1/s1. The monoisotopic (exact) mass is 496 g/mol. The lowest BCUT2D eigenvalue weighted by Gasteiger charge is -2.40. The molecule has 184 valence electrons. The van der Waals surface area contributed by atoms with Crippen LogP contribution in [0.25, 0.3) is 0 Å². The van der Waals surface area contributed by atoms with Crippen LogP contribution in [0.15, 0.2) is 72.3 Å². The van der Waals surface area contributed by atoms with Crippen molar-refractivity contribution in [2.24, 2.45) is 0 Å². The van der Waals surface area contributed by atoms with E-state index in [-0.39, 0.29) is 31.5 Å². The highest BCUT2D eigenvalue weighted by Crippen LogP contribution is 2.47. The second-order valence-electron chi connectivity index (χ2n) is 8.58. The molecular weight excluding hydrogens is 468 g/mol. The van der Waals surface area contributed by atoms with E-state index in [1.807, 2.05) is 37.3 Å². The van der Waals surface area contributed by atoms with Gasteiger partial charge < -0.3 is 25.2 Å². The summed E-state index contributed by atoms with van der Waals surface area (Å²) >= 11 is 6.03. The average molecular weight is 497 g/mol. The molecule has 2 aromatic rings. The highest BCUT2D eigenvalue weighted by atomic mass is 35.5. The van der Waals surface area contributed by atoms with Gasteiger partial charge in [0.15, 0.2) is 0 Å². The average Bonchev–Trinajstić information content (AvgIpc) is 3.26. The minimum atomic E-state index is -1.08. The molecule has 0 saturated carbocycles. The number of halogens is 1. The zero-order valence-corrected chi connectivity index (χ0v) is 20.2. The van der Waals surface area contributed by atoms with E-state index in [1.165, 1.54) is 6.08 Å². The number of carbonyl (C=O) groups is 2. The zero-order valence-electron chi connectivity index (χ0n) is 19.4. The number of aliphatic hydroxyl groups is 2. The van der Waals surface area contributed by atoms with Crippen molar-refractivity contribution < 1.29 is 24.5 Å². The first-order chi connectivity index (χ1) is 16.9. The van der Waals surface area contributed by atoms with Gasteiger partial charge in [-0.3, -0.25) is 9.59 Å². The Morgan fingerprint density at radius 3 is 2.63 bits per heavy atom. The van der Waals surface area contributed by atoms with Crippen LogP contribution in [-0.2, 0) is 16.1 Å². The molecule has 0 aromatic heterocycles. The number of hydrogen-bond donors (Lipinski definition) is 3. The number of ether oxygens (including phenoxy) is 1. The first-order valence-electron chi connectivity index (χ1n) is 11.7. The van der Waals surface area contributed by atoms with Crippen molar-refractivity contribution in [2.45, 2.75) is 44.1 Å². The van der Waals surface area contributed by atoms with Crippen molar-refractivity contribution in [2.75, 3.05) is 13.2 Å². The molecule has 0 fully saturated rings. The van der Waals surface area contributed by atoms with Crippen molar-refractivity contribution in [3.05, 3.63) is 88.5 Å². The molecule has 0 saturated heterocycles. The molecule has 7 nitrogen and oxygen atoms in total. The minimum absolute atomic E-state index is 0.0932. The first-order valence-corrected chi connectivity index (χ1v) is 12.1. The Hall–Kier alpha value is -3.13. The highest BCUT2D eigenvalue weighted by molar-refractivity contribution is 6.30. The van der Waals surface area contributed by atoms with Crippen LogP contribution in [0, 0.1) is 0 Å². The number of nitrogens with zero attached hydrogens (tertiary/aromatic N) is 1. The van der Waals surface area contributed by atoms with Crippen LogP contribution in [0.3, 0.4) is 0 Å². The third kappa shape index (κ3) is 5.27. The molecule has 4 atom stereocenters. The van der Waals surface area contributed by atoms with Crippen molar-refractivity contribution in [1.82, 2.24) is 10.2 Å². The Morgan fingerprint density at radius 2 is 1.91 bits per heavy atom. The van der Waals surface area contributed by atoms with E-state index in [2.05, 4.69) is 5.32 Å². The lowest BCUT2D eigenvalue weighted by Crippen LogP contribution is -2.55. The Morgan fingerprint density at radius 1 is 1.17 bits per heavy atom. The summed E-state index contributed by atoms with van der Waals surface area (Å²) in [5.41, 5.74) is 2.04. The summed E-state index contributed by atoms with van der Waals surface area (Å²) in [6.45, 7) is 2.03. The number of rotatable bonds is 8. The minimum Gasteiger partial charge on any atom is -0.486 e. The molecule has 0 unspecified atom stereocenters. The van der Waals surface area contributed by atoms with Gasteiger partial charge in [-0.2, -0.15) is 0 Å². The predicted molar refractivity (Wildman–Crippen MR) is 133 cm³/mol. The summed E-state index contributed by atoms with van der Waals surface area (Å²) in [7, 11) is 0. The van der Waals surface area contributed by atoms with Crippen LogP contribution in [0.1, 0.15) is 30.4 Å². The van der Waals surface area contributed by atoms with Gasteiger partial charge in [-0.25, -0.2) is 0 Å². The lowest BCUT2D eigenvalue weighted by molar-refractivity contribution is -0.132. The zero-order chi connectivity index (χ0) is 24.9. The van der Waals surface area contributed by atoms with Crippen molar-refractivity contribution in [3.63, 3.8) is 0 Å². The summed E-state index contributed by atoms with van der Waals surface area (Å²) in [4.78, 5) is 28.0. The normalized spacial score (nSPS) is 22.7. The van der Waals surface area contributed by atoms with Crippen molar-refractivity contribution in [3.8, 4) is 5.75 Å². The van der Waals surface area contributed by atoms with E-state index < -0.39 is 24.2 Å². The molecule has 2 amide bonds. The number of aliphatic hydroxyl groups excluding tert-OH is 2. The number of para-hydroxylation sites is 1. The van der Waals surface area contributed by atoms with Gasteiger partial charge in [0.2, 0.25) is 11.8 Å². The summed E-state index contributed by atoms with van der Waals surface area (Å²) in [5.74, 6) is -0.542. The van der Waals surface area contributed by atoms with Crippen LogP contribution in [0.2, 0.25) is 5.02 Å². The number of carbonyl (C=O) groups excluding carboxylic acids is 2. The predicted octanol–water partition coefficient (Wildman–Crippen LogP) is 2.96. The Kier molecular flexibility index (Phi) is 7.90. The number of hydrogen-bond acceptors (Lipinski definition) is 5. The first kappa shape index (κ1) is 25.0. The molecule has 2 aliphatic rings. The Bertz CT molecular complexity index is 1130. The number of nitrogens with one attached hydrogen (secondary N) is 1. The van der Waals surface area contributed by atoms with Gasteiger partial charge in [0.1, 0.15) is 18.0 Å². The second kappa shape index (κ2) is 11.1. The van der Waals surface area contributed by atoms with Crippen molar-refractivity contribution >= 4 is 23.4 Å². The molecule has 2 aromatic carbocycles.